The highest BCUT2D eigenvalue weighted by Gasteiger charge is 2.33. The molecule has 1 aliphatic heterocycles. The number of rotatable bonds is 13. The lowest BCUT2D eigenvalue weighted by Crippen LogP contribution is -2.34. The Kier molecular flexibility index (Phi) is 10.3. The van der Waals surface area contributed by atoms with Crippen LogP contribution in [0.25, 0.3) is 22.2 Å². The summed E-state index contributed by atoms with van der Waals surface area (Å²) < 4.78 is 85.4. The fourth-order valence-corrected chi connectivity index (χ4v) is 6.24. The van der Waals surface area contributed by atoms with Gasteiger partial charge in [0.25, 0.3) is 5.56 Å². The molecule has 17 heteroatoms. The Balaban J connectivity index is 1.42. The quantitative estimate of drug-likeness (QED) is 0.229. The summed E-state index contributed by atoms with van der Waals surface area (Å²) in [5.74, 6) is -1.63. The van der Waals surface area contributed by atoms with E-state index in [9.17, 15) is 22.4 Å². The molecule has 13 nitrogen and oxygen atoms in total. The maximum atomic E-state index is 15.9. The van der Waals surface area contributed by atoms with Crippen LogP contribution in [-0.4, -0.2) is 84.5 Å². The topological polar surface area (TPSA) is 157 Å². The van der Waals surface area contributed by atoms with Crippen molar-refractivity contribution in [3.05, 3.63) is 46.4 Å². The highest BCUT2D eigenvalue weighted by Crippen LogP contribution is 2.32. The second-order valence-corrected chi connectivity index (χ2v) is 14.2. The summed E-state index contributed by atoms with van der Waals surface area (Å²) in [6, 6.07) is 2.99. The minimum atomic E-state index is -4.36. The number of anilines is 2. The summed E-state index contributed by atoms with van der Waals surface area (Å²) in [4.78, 5) is 34.6. The number of halogens is 3. The number of pyridine rings is 1. The van der Waals surface area contributed by atoms with Gasteiger partial charge in [-0.05, 0) is 64.2 Å². The van der Waals surface area contributed by atoms with Crippen molar-refractivity contribution in [2.24, 2.45) is 5.92 Å². The predicted molar refractivity (Wildman–Crippen MR) is 169 cm³/mol. The van der Waals surface area contributed by atoms with Crippen LogP contribution in [0.4, 0.5) is 29.6 Å². The molecule has 2 fully saturated rings. The zero-order chi connectivity index (χ0) is 33.9. The van der Waals surface area contributed by atoms with Crippen LogP contribution in [0.15, 0.2) is 29.2 Å². The molecule has 1 atom stereocenters. The summed E-state index contributed by atoms with van der Waals surface area (Å²) >= 11 is 0. The number of carbonyl (C=O) groups is 1. The summed E-state index contributed by atoms with van der Waals surface area (Å²) in [5.41, 5.74) is -3.04. The molecule has 1 amide bonds. The first-order valence-electron chi connectivity index (χ1n) is 15.3. The molecule has 1 aliphatic carbocycles. The predicted octanol–water partition coefficient (Wildman–Crippen LogP) is 3.80. The number of nitrogens with one attached hydrogen (secondary N) is 3. The lowest BCUT2D eigenvalue weighted by atomic mass is 10.0. The number of hydrogen-bond donors (Lipinski definition) is 3. The van der Waals surface area contributed by atoms with Gasteiger partial charge in [0.05, 0.1) is 36.6 Å². The molecule has 1 saturated heterocycles. The molecule has 0 spiro atoms. The van der Waals surface area contributed by atoms with Crippen molar-refractivity contribution in [1.82, 2.24) is 24.2 Å². The number of hydrogen-bond acceptors (Lipinski definition) is 9. The zero-order valence-electron chi connectivity index (χ0n) is 26.3. The number of alkyl carbamates (subject to hydrolysis) is 1. The SMILES string of the molecule is CC(C)(C)OC(=O)NCCOCCn1c(=O)c(-c2c(F)ccc(NS(=O)(=O)N3CCC(F)C3)c2F)cc2cnc(NCC3CC3)nc21. The van der Waals surface area contributed by atoms with E-state index in [1.165, 1.54) is 16.8 Å². The Morgan fingerprint density at radius 2 is 1.91 bits per heavy atom. The van der Waals surface area contributed by atoms with Gasteiger partial charge in [-0.1, -0.05) is 0 Å². The van der Waals surface area contributed by atoms with E-state index < -0.39 is 68.6 Å². The fraction of sp³-hybridized carbons (Fsp3) is 0.533. The van der Waals surface area contributed by atoms with Gasteiger partial charge in [-0.15, -0.1) is 0 Å². The molecule has 3 N–H and O–H groups in total. The van der Waals surface area contributed by atoms with Crippen molar-refractivity contribution >= 4 is 39.0 Å². The molecule has 3 aromatic rings. The van der Waals surface area contributed by atoms with Crippen molar-refractivity contribution in [2.75, 3.05) is 49.4 Å². The van der Waals surface area contributed by atoms with E-state index in [2.05, 4.69) is 25.3 Å². The standard InChI is InChI=1S/C30H38F3N7O6S/c1-30(2,3)46-29(42)34-9-12-45-13-11-40-26-19(16-36-28(37-26)35-15-18-4-5-18)14-21(27(40)41)24-22(32)6-7-23(25(24)33)38-47(43,44)39-10-8-20(31)17-39/h6-7,14,16,18,20,38H,4-5,8-13,15,17H2,1-3H3,(H,34,42)(H,35,36,37). The van der Waals surface area contributed by atoms with Crippen LogP contribution in [-0.2, 0) is 26.2 Å². The third-order valence-electron chi connectivity index (χ3n) is 7.48. The highest BCUT2D eigenvalue weighted by atomic mass is 32.2. The third-order valence-corrected chi connectivity index (χ3v) is 8.97. The molecule has 256 valence electrons. The van der Waals surface area contributed by atoms with Gasteiger partial charge in [-0.3, -0.25) is 14.1 Å². The molecule has 1 aromatic carbocycles. The number of nitrogens with zero attached hydrogens (tertiary/aromatic N) is 4. The molecular formula is C30H38F3N7O6S. The van der Waals surface area contributed by atoms with Gasteiger partial charge in [0, 0.05) is 37.8 Å². The van der Waals surface area contributed by atoms with E-state index in [4.69, 9.17) is 9.47 Å². The largest absolute Gasteiger partial charge is 0.444 e. The van der Waals surface area contributed by atoms with Gasteiger partial charge in [-0.2, -0.15) is 17.7 Å². The molecule has 0 bridgehead atoms. The van der Waals surface area contributed by atoms with Gasteiger partial charge < -0.3 is 20.1 Å². The molecule has 2 aliphatic rings. The number of fused-ring (bicyclic) bond motifs is 1. The van der Waals surface area contributed by atoms with Gasteiger partial charge in [0.1, 0.15) is 23.2 Å². The molecule has 5 rings (SSSR count). The van der Waals surface area contributed by atoms with Crippen LogP contribution in [0.5, 0.6) is 0 Å². The Bertz CT molecular complexity index is 1800. The second-order valence-electron chi connectivity index (χ2n) is 12.5. The second kappa shape index (κ2) is 14.0. The van der Waals surface area contributed by atoms with Crippen molar-refractivity contribution in [3.8, 4) is 11.1 Å². The molecule has 47 heavy (non-hydrogen) atoms. The normalized spacial score (nSPS) is 17.2. The van der Waals surface area contributed by atoms with E-state index in [0.29, 0.717) is 17.8 Å². The van der Waals surface area contributed by atoms with Crippen molar-refractivity contribution in [2.45, 2.75) is 58.4 Å². The average Bonchev–Trinajstić information content (AvgIpc) is 3.72. The Morgan fingerprint density at radius 3 is 2.60 bits per heavy atom. The van der Waals surface area contributed by atoms with E-state index in [0.717, 1.165) is 29.3 Å². The monoisotopic (exact) mass is 681 g/mol. The third kappa shape index (κ3) is 8.70. The minimum Gasteiger partial charge on any atom is -0.444 e. The molecule has 1 unspecified atom stereocenters. The van der Waals surface area contributed by atoms with E-state index in [1.54, 1.807) is 20.8 Å². The van der Waals surface area contributed by atoms with Gasteiger partial charge in [0.2, 0.25) is 5.95 Å². The molecule has 0 radical (unpaired) electrons. The lowest BCUT2D eigenvalue weighted by Gasteiger charge is -2.19. The number of aromatic nitrogens is 3. The number of ether oxygens (including phenoxy) is 2. The number of carbonyl (C=O) groups excluding carboxylic acids is 1. The van der Waals surface area contributed by atoms with E-state index in [1.807, 2.05) is 0 Å². The molecule has 3 heterocycles. The van der Waals surface area contributed by atoms with Crippen LogP contribution in [0.3, 0.4) is 0 Å². The first-order valence-corrected chi connectivity index (χ1v) is 16.8. The van der Waals surface area contributed by atoms with Crippen LogP contribution in [0, 0.1) is 17.6 Å². The summed E-state index contributed by atoms with van der Waals surface area (Å²) in [5, 5.41) is 5.99. The average molecular weight is 682 g/mol. The maximum absolute atomic E-state index is 15.9. The Labute approximate surface area is 270 Å². The first kappa shape index (κ1) is 34.4. The van der Waals surface area contributed by atoms with Crippen LogP contribution < -0.4 is 20.9 Å². The Morgan fingerprint density at radius 1 is 1.15 bits per heavy atom. The summed E-state index contributed by atoms with van der Waals surface area (Å²) in [6.07, 6.45) is 1.64. The number of alkyl halides is 1. The first-order chi connectivity index (χ1) is 22.2. The summed E-state index contributed by atoms with van der Waals surface area (Å²) in [6.45, 7) is 5.48. The van der Waals surface area contributed by atoms with Gasteiger partial charge >= 0.3 is 16.3 Å². The minimum absolute atomic E-state index is 0.00144. The molecular weight excluding hydrogens is 643 g/mol. The van der Waals surface area contributed by atoms with Crippen molar-refractivity contribution in [3.63, 3.8) is 0 Å². The van der Waals surface area contributed by atoms with E-state index in [-0.39, 0.29) is 50.9 Å². The number of amides is 1. The molecule has 1 saturated carbocycles. The van der Waals surface area contributed by atoms with Crippen molar-refractivity contribution < 1.29 is 35.9 Å². The smallest absolute Gasteiger partial charge is 0.407 e. The maximum Gasteiger partial charge on any atom is 0.407 e. The Hall–Kier alpha value is -3.96. The van der Waals surface area contributed by atoms with Gasteiger partial charge in [0.15, 0.2) is 5.82 Å². The van der Waals surface area contributed by atoms with Crippen LogP contribution >= 0.6 is 0 Å². The summed E-state index contributed by atoms with van der Waals surface area (Å²) in [7, 11) is -4.36. The fourth-order valence-electron chi connectivity index (χ4n) is 4.97. The zero-order valence-corrected chi connectivity index (χ0v) is 27.1. The lowest BCUT2D eigenvalue weighted by molar-refractivity contribution is 0.0497. The molecule has 2 aromatic heterocycles. The van der Waals surface area contributed by atoms with Gasteiger partial charge in [-0.25, -0.2) is 22.9 Å². The highest BCUT2D eigenvalue weighted by molar-refractivity contribution is 7.90. The van der Waals surface area contributed by atoms with Crippen LogP contribution in [0.1, 0.15) is 40.0 Å². The van der Waals surface area contributed by atoms with E-state index >= 15 is 8.78 Å². The number of benzene rings is 1. The van der Waals surface area contributed by atoms with Crippen molar-refractivity contribution in [1.29, 1.82) is 0 Å². The van der Waals surface area contributed by atoms with Crippen LogP contribution in [0.2, 0.25) is 0 Å².